The normalized spacial score (nSPS) is 11.1. The van der Waals surface area contributed by atoms with Crippen LogP contribution in [0, 0.1) is 0 Å². The Kier molecular flexibility index (Phi) is 1.94. The molecule has 0 radical (unpaired) electrons. The molecule has 0 aliphatic heterocycles. The van der Waals surface area contributed by atoms with E-state index in [1.807, 2.05) is 36.0 Å². The van der Waals surface area contributed by atoms with E-state index >= 15 is 0 Å². The van der Waals surface area contributed by atoms with E-state index in [4.69, 9.17) is 5.73 Å². The molecule has 0 atom stereocenters. The van der Waals surface area contributed by atoms with Gasteiger partial charge in [0.05, 0.1) is 16.5 Å². The first-order valence-electron chi connectivity index (χ1n) is 4.87. The van der Waals surface area contributed by atoms with Gasteiger partial charge in [0.1, 0.15) is 10.7 Å². The molecule has 3 rings (SSSR count). The van der Waals surface area contributed by atoms with Gasteiger partial charge in [0, 0.05) is 18.9 Å². The van der Waals surface area contributed by atoms with Crippen molar-refractivity contribution < 1.29 is 0 Å². The summed E-state index contributed by atoms with van der Waals surface area (Å²) >= 11 is 1.61. The predicted molar refractivity (Wildman–Crippen MR) is 66.2 cm³/mol. The topological polar surface area (TPSA) is 56.7 Å². The molecule has 16 heavy (non-hydrogen) atoms. The van der Waals surface area contributed by atoms with Crippen LogP contribution in [-0.2, 0) is 7.05 Å². The van der Waals surface area contributed by atoms with Crippen molar-refractivity contribution in [2.45, 2.75) is 0 Å². The molecule has 1 aromatic carbocycles. The summed E-state index contributed by atoms with van der Waals surface area (Å²) in [6.45, 7) is 0. The van der Waals surface area contributed by atoms with Crippen molar-refractivity contribution in [3.63, 3.8) is 0 Å². The van der Waals surface area contributed by atoms with Gasteiger partial charge in [-0.3, -0.25) is 0 Å². The number of anilines is 1. The monoisotopic (exact) mass is 230 g/mol. The lowest BCUT2D eigenvalue weighted by Crippen LogP contribution is -1.81. The number of hydrogen-bond acceptors (Lipinski definition) is 4. The van der Waals surface area contributed by atoms with Gasteiger partial charge in [-0.25, -0.2) is 9.97 Å². The number of rotatable bonds is 1. The fraction of sp³-hybridized carbons (Fsp3) is 0.0909. The highest BCUT2D eigenvalue weighted by Gasteiger charge is 2.08. The molecule has 4 nitrogen and oxygen atoms in total. The van der Waals surface area contributed by atoms with Crippen LogP contribution in [0.25, 0.3) is 20.9 Å². The summed E-state index contributed by atoms with van der Waals surface area (Å²) in [4.78, 5) is 8.81. The van der Waals surface area contributed by atoms with Crippen molar-refractivity contribution >= 4 is 27.2 Å². The van der Waals surface area contributed by atoms with Crippen molar-refractivity contribution in [2.24, 2.45) is 7.05 Å². The van der Waals surface area contributed by atoms with E-state index in [1.165, 1.54) is 0 Å². The van der Waals surface area contributed by atoms with Crippen molar-refractivity contribution in [3.8, 4) is 10.7 Å². The summed E-state index contributed by atoms with van der Waals surface area (Å²) in [7, 11) is 1.95. The molecule has 0 spiro atoms. The van der Waals surface area contributed by atoms with E-state index in [2.05, 4.69) is 9.97 Å². The van der Waals surface area contributed by atoms with E-state index < -0.39 is 0 Å². The Morgan fingerprint density at radius 2 is 2.25 bits per heavy atom. The molecular weight excluding hydrogens is 220 g/mol. The highest BCUT2D eigenvalue weighted by atomic mass is 32.1. The maximum atomic E-state index is 5.74. The first kappa shape index (κ1) is 9.35. The van der Waals surface area contributed by atoms with Crippen LogP contribution in [0.5, 0.6) is 0 Å². The second kappa shape index (κ2) is 3.31. The van der Waals surface area contributed by atoms with E-state index in [9.17, 15) is 0 Å². The Morgan fingerprint density at radius 3 is 3.00 bits per heavy atom. The fourth-order valence-corrected chi connectivity index (χ4v) is 2.55. The van der Waals surface area contributed by atoms with Crippen LogP contribution in [0.2, 0.25) is 0 Å². The van der Waals surface area contributed by atoms with Crippen molar-refractivity contribution in [3.05, 3.63) is 30.7 Å². The Labute approximate surface area is 96.4 Å². The summed E-state index contributed by atoms with van der Waals surface area (Å²) in [5, 5.41) is 0.932. The molecule has 0 amide bonds. The Hall–Kier alpha value is -1.88. The number of benzene rings is 1. The predicted octanol–water partition coefficient (Wildman–Crippen LogP) is 2.28. The molecule has 2 aromatic heterocycles. The second-order valence-corrected chi connectivity index (χ2v) is 4.70. The summed E-state index contributed by atoms with van der Waals surface area (Å²) in [5.41, 5.74) is 8.38. The molecule has 0 bridgehead atoms. The largest absolute Gasteiger partial charge is 0.399 e. The minimum absolute atomic E-state index is 0.767. The molecular formula is C11H10N4S. The molecule has 0 aliphatic rings. The van der Waals surface area contributed by atoms with E-state index in [0.29, 0.717) is 0 Å². The first-order valence-corrected chi connectivity index (χ1v) is 5.68. The first-order chi connectivity index (χ1) is 7.72. The SMILES string of the molecule is Cn1cnc(-c2nc3ccc(N)cc3s2)c1. The number of fused-ring (bicyclic) bond motifs is 1. The zero-order valence-corrected chi connectivity index (χ0v) is 9.53. The van der Waals surface area contributed by atoms with Crippen LogP contribution in [0.4, 0.5) is 5.69 Å². The van der Waals surface area contributed by atoms with Gasteiger partial charge in [-0.2, -0.15) is 0 Å². The van der Waals surface area contributed by atoms with Gasteiger partial charge in [0.25, 0.3) is 0 Å². The lowest BCUT2D eigenvalue weighted by Gasteiger charge is -1.89. The fourth-order valence-electron chi connectivity index (χ4n) is 1.57. The number of nitrogens with two attached hydrogens (primary N) is 1. The molecule has 80 valence electrons. The lowest BCUT2D eigenvalue weighted by molar-refractivity contribution is 0.913. The molecule has 2 N–H and O–H groups in total. The van der Waals surface area contributed by atoms with Crippen LogP contribution in [0.15, 0.2) is 30.7 Å². The van der Waals surface area contributed by atoms with Gasteiger partial charge < -0.3 is 10.3 Å². The molecule has 0 aliphatic carbocycles. The third-order valence-corrected chi connectivity index (χ3v) is 3.38. The molecule has 3 aromatic rings. The van der Waals surface area contributed by atoms with Gasteiger partial charge in [0.2, 0.25) is 0 Å². The smallest absolute Gasteiger partial charge is 0.144 e. The molecule has 0 unspecified atom stereocenters. The number of aromatic nitrogens is 3. The molecule has 0 saturated carbocycles. The van der Waals surface area contributed by atoms with Crippen LogP contribution >= 0.6 is 11.3 Å². The number of hydrogen-bond donors (Lipinski definition) is 1. The number of thiazole rings is 1. The highest BCUT2D eigenvalue weighted by Crippen LogP contribution is 2.29. The Morgan fingerprint density at radius 1 is 1.38 bits per heavy atom. The average molecular weight is 230 g/mol. The minimum Gasteiger partial charge on any atom is -0.399 e. The number of imidazole rings is 1. The van der Waals surface area contributed by atoms with Crippen LogP contribution in [0.3, 0.4) is 0 Å². The summed E-state index contributed by atoms with van der Waals surface area (Å²) < 4.78 is 3.01. The molecule has 2 heterocycles. The molecule has 0 saturated heterocycles. The minimum atomic E-state index is 0.767. The molecule has 0 fully saturated rings. The third-order valence-electron chi connectivity index (χ3n) is 2.34. The van der Waals surface area contributed by atoms with Crippen LogP contribution < -0.4 is 5.73 Å². The number of nitrogens with zero attached hydrogens (tertiary/aromatic N) is 3. The van der Waals surface area contributed by atoms with Gasteiger partial charge in [-0.15, -0.1) is 11.3 Å². The average Bonchev–Trinajstić information content (AvgIpc) is 2.83. The van der Waals surface area contributed by atoms with Gasteiger partial charge in [0.15, 0.2) is 0 Å². The van der Waals surface area contributed by atoms with Crippen molar-refractivity contribution in [1.29, 1.82) is 0 Å². The van der Waals surface area contributed by atoms with E-state index in [1.54, 1.807) is 17.7 Å². The quantitative estimate of drug-likeness (QED) is 0.652. The van der Waals surface area contributed by atoms with Gasteiger partial charge in [-0.05, 0) is 18.2 Å². The summed E-state index contributed by atoms with van der Waals surface area (Å²) in [6, 6.07) is 5.75. The maximum Gasteiger partial charge on any atom is 0.144 e. The Balaban J connectivity index is 2.18. The van der Waals surface area contributed by atoms with Gasteiger partial charge >= 0.3 is 0 Å². The highest BCUT2D eigenvalue weighted by molar-refractivity contribution is 7.21. The number of nitrogen functional groups attached to an aromatic ring is 1. The maximum absolute atomic E-state index is 5.74. The van der Waals surface area contributed by atoms with E-state index in [-0.39, 0.29) is 0 Å². The van der Waals surface area contributed by atoms with Crippen molar-refractivity contribution in [2.75, 3.05) is 5.73 Å². The zero-order chi connectivity index (χ0) is 11.1. The summed E-state index contributed by atoms with van der Waals surface area (Å²) in [5.74, 6) is 0. The van der Waals surface area contributed by atoms with Crippen LogP contribution in [0.1, 0.15) is 0 Å². The summed E-state index contributed by atoms with van der Waals surface area (Å²) in [6.07, 6.45) is 3.73. The van der Waals surface area contributed by atoms with E-state index in [0.717, 1.165) is 26.6 Å². The second-order valence-electron chi connectivity index (χ2n) is 3.67. The number of aryl methyl sites for hydroxylation is 1. The van der Waals surface area contributed by atoms with Crippen molar-refractivity contribution in [1.82, 2.24) is 14.5 Å². The zero-order valence-electron chi connectivity index (χ0n) is 8.71. The third kappa shape index (κ3) is 1.45. The van der Waals surface area contributed by atoms with Crippen LogP contribution in [-0.4, -0.2) is 14.5 Å². The standard InChI is InChI=1S/C11H10N4S/c1-15-5-9(13-6-15)11-14-8-3-2-7(12)4-10(8)16-11/h2-6H,12H2,1H3. The lowest BCUT2D eigenvalue weighted by atomic mass is 10.3. The Bertz CT molecular complexity index is 653. The van der Waals surface area contributed by atoms with Gasteiger partial charge in [-0.1, -0.05) is 0 Å². The molecule has 5 heteroatoms.